The Labute approximate surface area is 229 Å². The summed E-state index contributed by atoms with van der Waals surface area (Å²) >= 11 is 5.94. The molecule has 3 N–H and O–H groups in total. The van der Waals surface area contributed by atoms with Crippen molar-refractivity contribution in [1.29, 1.82) is 0 Å². The second-order valence-corrected chi connectivity index (χ2v) is 9.64. The van der Waals surface area contributed by atoms with Crippen LogP contribution < -0.4 is 15.4 Å². The molecule has 0 aliphatic carbocycles. The molecule has 2 aliphatic heterocycles. The van der Waals surface area contributed by atoms with Gasteiger partial charge in [0, 0.05) is 42.3 Å². The number of nitrogens with one attached hydrogen (secondary N) is 2. The Morgan fingerprint density at radius 2 is 2.18 bits per heavy atom. The molecule has 1 aromatic heterocycles. The number of carbonyl (C=O) groups is 1. The van der Waals surface area contributed by atoms with Crippen LogP contribution in [0.2, 0.25) is 5.02 Å². The van der Waals surface area contributed by atoms with E-state index in [1.807, 2.05) is 0 Å². The SMILES string of the molecule is O=C(C=CCN1CCC1CO)Nc1cc2c(Nc3ccc(F)c(Cl)c3)ncnc2cc1OC[C@@H]1COCCO1. The predicted molar refractivity (Wildman–Crippen MR) is 145 cm³/mol. The van der Waals surface area contributed by atoms with Gasteiger partial charge in [-0.05, 0) is 30.7 Å². The van der Waals surface area contributed by atoms with Gasteiger partial charge in [0.1, 0.15) is 36.4 Å². The molecule has 3 aromatic rings. The van der Waals surface area contributed by atoms with E-state index in [2.05, 4.69) is 25.5 Å². The fourth-order valence-electron chi connectivity index (χ4n) is 4.34. The molecule has 0 radical (unpaired) electrons. The topological polar surface area (TPSA) is 118 Å². The van der Waals surface area contributed by atoms with Crippen molar-refractivity contribution in [3.63, 3.8) is 0 Å². The molecule has 39 heavy (non-hydrogen) atoms. The Bertz CT molecular complexity index is 1350. The van der Waals surface area contributed by atoms with Gasteiger partial charge < -0.3 is 30.0 Å². The molecular formula is C27H29ClFN5O5. The lowest BCUT2D eigenvalue weighted by atomic mass is 10.0. The summed E-state index contributed by atoms with van der Waals surface area (Å²) in [7, 11) is 0. The maximum atomic E-state index is 13.6. The number of rotatable bonds is 10. The van der Waals surface area contributed by atoms with Gasteiger partial charge in [0.2, 0.25) is 5.91 Å². The number of benzene rings is 2. The fraction of sp³-hybridized carbons (Fsp3) is 0.370. The highest BCUT2D eigenvalue weighted by atomic mass is 35.5. The first-order valence-corrected chi connectivity index (χ1v) is 13.0. The van der Waals surface area contributed by atoms with Crippen LogP contribution >= 0.6 is 11.6 Å². The molecule has 2 fully saturated rings. The standard InChI is InChI=1S/C27H29ClFN5O5/c28-21-10-17(3-4-22(21)29)32-27-20-11-24(33-26(36)2-1-6-34-7-5-18(34)13-35)25(12-23(20)30-16-31-27)39-15-19-14-37-8-9-38-19/h1-4,10-12,16,18-19,35H,5-9,13-15H2,(H,33,36)(H,30,31,32)/t18?,19-/m0/s1. The minimum atomic E-state index is -0.525. The Balaban J connectivity index is 1.39. The summed E-state index contributed by atoms with van der Waals surface area (Å²) in [4.78, 5) is 23.6. The summed E-state index contributed by atoms with van der Waals surface area (Å²) in [6.45, 7) is 3.25. The summed E-state index contributed by atoms with van der Waals surface area (Å²) < 4.78 is 30.8. The van der Waals surface area contributed by atoms with E-state index < -0.39 is 5.82 Å². The molecule has 1 unspecified atom stereocenters. The van der Waals surface area contributed by atoms with Gasteiger partial charge in [-0.25, -0.2) is 14.4 Å². The zero-order chi connectivity index (χ0) is 27.2. The summed E-state index contributed by atoms with van der Waals surface area (Å²) in [6, 6.07) is 7.85. The molecule has 1 amide bonds. The highest BCUT2D eigenvalue weighted by Crippen LogP contribution is 2.34. The van der Waals surface area contributed by atoms with Gasteiger partial charge in [-0.3, -0.25) is 9.69 Å². The molecule has 2 atom stereocenters. The molecular weight excluding hydrogens is 529 g/mol. The number of aliphatic hydroxyl groups excluding tert-OH is 1. The third kappa shape index (κ3) is 6.81. The van der Waals surface area contributed by atoms with Gasteiger partial charge in [-0.2, -0.15) is 0 Å². The summed E-state index contributed by atoms with van der Waals surface area (Å²) in [6.07, 6.45) is 5.33. The quantitative estimate of drug-likeness (QED) is 0.322. The number of ether oxygens (including phenoxy) is 3. The zero-order valence-electron chi connectivity index (χ0n) is 21.1. The monoisotopic (exact) mass is 557 g/mol. The van der Waals surface area contributed by atoms with Crippen molar-refractivity contribution in [2.45, 2.75) is 18.6 Å². The van der Waals surface area contributed by atoms with Crippen molar-refractivity contribution >= 4 is 45.6 Å². The number of amides is 1. The van der Waals surface area contributed by atoms with E-state index in [1.54, 1.807) is 24.3 Å². The number of halogens is 2. The zero-order valence-corrected chi connectivity index (χ0v) is 21.9. The molecule has 0 bridgehead atoms. The van der Waals surface area contributed by atoms with Crippen molar-refractivity contribution in [2.24, 2.45) is 0 Å². The van der Waals surface area contributed by atoms with Gasteiger partial charge >= 0.3 is 0 Å². The number of likely N-dealkylation sites (tertiary alicyclic amines) is 1. The van der Waals surface area contributed by atoms with Gasteiger partial charge in [-0.1, -0.05) is 17.7 Å². The van der Waals surface area contributed by atoms with Crippen LogP contribution in [0.15, 0.2) is 48.8 Å². The number of anilines is 3. The number of carbonyl (C=O) groups excluding carboxylic acids is 1. The number of hydrogen-bond donors (Lipinski definition) is 3. The summed E-state index contributed by atoms with van der Waals surface area (Å²) in [5, 5.41) is 16.0. The number of nitrogens with zero attached hydrogens (tertiary/aromatic N) is 3. The molecule has 2 aliphatic rings. The van der Waals surface area contributed by atoms with Crippen LogP contribution in [0.4, 0.5) is 21.6 Å². The van der Waals surface area contributed by atoms with E-state index in [9.17, 15) is 14.3 Å². The number of hydrogen-bond acceptors (Lipinski definition) is 9. The lowest BCUT2D eigenvalue weighted by Crippen LogP contribution is -2.49. The summed E-state index contributed by atoms with van der Waals surface area (Å²) in [5.74, 6) is -0.00904. The lowest BCUT2D eigenvalue weighted by Gasteiger charge is -2.39. The van der Waals surface area contributed by atoms with E-state index in [4.69, 9.17) is 25.8 Å². The highest BCUT2D eigenvalue weighted by molar-refractivity contribution is 6.31. The average Bonchev–Trinajstić information content (AvgIpc) is 2.92. The van der Waals surface area contributed by atoms with E-state index in [-0.39, 0.29) is 36.3 Å². The van der Waals surface area contributed by atoms with E-state index >= 15 is 0 Å². The smallest absolute Gasteiger partial charge is 0.248 e. The Kier molecular flexibility index (Phi) is 8.84. The maximum Gasteiger partial charge on any atom is 0.248 e. The van der Waals surface area contributed by atoms with Crippen LogP contribution in [-0.2, 0) is 14.3 Å². The number of aromatic nitrogens is 2. The highest BCUT2D eigenvalue weighted by Gasteiger charge is 2.25. The third-order valence-corrected chi connectivity index (χ3v) is 6.86. The van der Waals surface area contributed by atoms with Crippen LogP contribution in [-0.4, -0.2) is 84.2 Å². The van der Waals surface area contributed by atoms with Crippen LogP contribution in [0.3, 0.4) is 0 Å². The first-order valence-electron chi connectivity index (χ1n) is 12.7. The second-order valence-electron chi connectivity index (χ2n) is 9.23. The molecule has 3 heterocycles. The van der Waals surface area contributed by atoms with Crippen LogP contribution in [0.25, 0.3) is 10.9 Å². The first-order chi connectivity index (χ1) is 19.0. The van der Waals surface area contributed by atoms with E-state index in [0.29, 0.717) is 60.2 Å². The molecule has 5 rings (SSSR count). The number of aliphatic hydroxyl groups is 1. The maximum absolute atomic E-state index is 13.6. The fourth-order valence-corrected chi connectivity index (χ4v) is 4.52. The van der Waals surface area contributed by atoms with Gasteiger partial charge in [0.05, 0.1) is 42.7 Å². The van der Waals surface area contributed by atoms with Gasteiger partial charge in [-0.15, -0.1) is 0 Å². The van der Waals surface area contributed by atoms with Crippen LogP contribution in [0, 0.1) is 5.82 Å². The van der Waals surface area contributed by atoms with E-state index in [1.165, 1.54) is 24.5 Å². The van der Waals surface area contributed by atoms with Gasteiger partial charge in [0.15, 0.2) is 0 Å². The molecule has 0 spiro atoms. The third-order valence-electron chi connectivity index (χ3n) is 6.57. The lowest BCUT2D eigenvalue weighted by molar-refractivity contribution is -0.112. The van der Waals surface area contributed by atoms with Crippen molar-refractivity contribution < 1.29 is 28.5 Å². The summed E-state index contributed by atoms with van der Waals surface area (Å²) in [5.41, 5.74) is 1.52. The van der Waals surface area contributed by atoms with Crippen LogP contribution in [0.1, 0.15) is 6.42 Å². The largest absolute Gasteiger partial charge is 0.489 e. The first kappa shape index (κ1) is 27.2. The molecule has 10 nitrogen and oxygen atoms in total. The van der Waals surface area contributed by atoms with E-state index in [0.717, 1.165) is 13.0 Å². The Morgan fingerprint density at radius 1 is 1.28 bits per heavy atom. The average molecular weight is 558 g/mol. The van der Waals surface area contributed by atoms with Gasteiger partial charge in [0.25, 0.3) is 0 Å². The normalized spacial score (nSPS) is 19.7. The van der Waals surface area contributed by atoms with Crippen LogP contribution in [0.5, 0.6) is 5.75 Å². The molecule has 2 aromatic carbocycles. The number of fused-ring (bicyclic) bond motifs is 1. The Morgan fingerprint density at radius 3 is 2.92 bits per heavy atom. The van der Waals surface area contributed by atoms with Crippen molar-refractivity contribution in [2.75, 3.05) is 56.8 Å². The minimum Gasteiger partial charge on any atom is -0.489 e. The van der Waals surface area contributed by atoms with Crippen molar-refractivity contribution in [3.8, 4) is 5.75 Å². The molecule has 12 heteroatoms. The van der Waals surface area contributed by atoms with Crippen molar-refractivity contribution in [3.05, 3.63) is 59.7 Å². The van der Waals surface area contributed by atoms with Crippen molar-refractivity contribution in [1.82, 2.24) is 14.9 Å². The minimum absolute atomic E-state index is 0.0220. The second kappa shape index (κ2) is 12.7. The Hall–Kier alpha value is -3.35. The molecule has 0 saturated carbocycles. The predicted octanol–water partition coefficient (Wildman–Crippen LogP) is 3.52. The molecule has 206 valence electrons. The molecule has 2 saturated heterocycles.